The number of carbonyl (C=O) groups excluding carboxylic acids is 1. The third-order valence-electron chi connectivity index (χ3n) is 4.56. The summed E-state index contributed by atoms with van der Waals surface area (Å²) in [7, 11) is -3.17. The summed E-state index contributed by atoms with van der Waals surface area (Å²) in [5.41, 5.74) is -0.229. The Labute approximate surface area is 113 Å². The summed E-state index contributed by atoms with van der Waals surface area (Å²) in [6.45, 7) is 4.38. The van der Waals surface area contributed by atoms with Crippen molar-refractivity contribution in [3.05, 3.63) is 0 Å². The fourth-order valence-corrected chi connectivity index (χ4v) is 4.54. The number of hydrogen-bond acceptors (Lipinski definition) is 4. The predicted molar refractivity (Wildman–Crippen MR) is 68.9 cm³/mol. The number of fused-ring (bicyclic) bond motifs is 1. The monoisotopic (exact) mass is 288 g/mol. The first-order valence-electron chi connectivity index (χ1n) is 6.75. The van der Waals surface area contributed by atoms with Gasteiger partial charge in [0, 0.05) is 37.9 Å². The fourth-order valence-electron chi connectivity index (χ4n) is 3.06. The molecule has 0 aromatic heterocycles. The van der Waals surface area contributed by atoms with Crippen molar-refractivity contribution in [1.82, 2.24) is 9.62 Å². The number of nitrogens with one attached hydrogen (secondary N) is 1. The molecule has 1 saturated carbocycles. The summed E-state index contributed by atoms with van der Waals surface area (Å²) in [4.78, 5) is 13.3. The zero-order valence-electron chi connectivity index (χ0n) is 11.1. The molecule has 19 heavy (non-hydrogen) atoms. The van der Waals surface area contributed by atoms with E-state index in [1.165, 1.54) is 0 Å². The molecule has 2 heterocycles. The Bertz CT molecular complexity index is 488. The van der Waals surface area contributed by atoms with Crippen LogP contribution in [0.5, 0.6) is 0 Å². The summed E-state index contributed by atoms with van der Waals surface area (Å²) >= 11 is 0. The Morgan fingerprint density at radius 3 is 2.84 bits per heavy atom. The molecule has 3 rings (SSSR count). The molecular weight excluding hydrogens is 268 g/mol. The van der Waals surface area contributed by atoms with Gasteiger partial charge in [-0.25, -0.2) is 13.1 Å². The van der Waals surface area contributed by atoms with E-state index in [4.69, 9.17) is 4.74 Å². The zero-order valence-corrected chi connectivity index (χ0v) is 11.9. The maximum absolute atomic E-state index is 11.9. The van der Waals surface area contributed by atoms with Crippen LogP contribution < -0.4 is 4.72 Å². The molecule has 3 aliphatic rings. The summed E-state index contributed by atoms with van der Waals surface area (Å²) in [5, 5.41) is -0.199. The standard InChI is InChI=1S/C12H20N2O4S/c1-9(15)14-4-10-5-18-8-12(10,7-14)6-13-19(16,17)11-2-3-11/h10-11,13H,2-8H2,1H3/t10-,12+/m1/s1. The summed E-state index contributed by atoms with van der Waals surface area (Å²) in [6, 6.07) is 0. The minimum absolute atomic E-state index is 0.0545. The van der Waals surface area contributed by atoms with E-state index in [-0.39, 0.29) is 22.5 Å². The quantitative estimate of drug-likeness (QED) is 0.761. The van der Waals surface area contributed by atoms with Gasteiger partial charge >= 0.3 is 0 Å². The largest absolute Gasteiger partial charge is 0.380 e. The third kappa shape index (κ3) is 2.39. The van der Waals surface area contributed by atoms with Crippen molar-refractivity contribution in [1.29, 1.82) is 0 Å². The molecule has 108 valence electrons. The van der Waals surface area contributed by atoms with E-state index < -0.39 is 10.0 Å². The molecule has 0 unspecified atom stereocenters. The van der Waals surface area contributed by atoms with Crippen LogP contribution in [0.2, 0.25) is 0 Å². The first kappa shape index (κ1) is 13.3. The van der Waals surface area contributed by atoms with Gasteiger partial charge in [0.05, 0.1) is 18.5 Å². The molecule has 2 saturated heterocycles. The van der Waals surface area contributed by atoms with Crippen molar-refractivity contribution in [3.63, 3.8) is 0 Å². The molecular formula is C12H20N2O4S. The lowest BCUT2D eigenvalue weighted by Gasteiger charge is -2.27. The molecule has 0 spiro atoms. The molecule has 0 aromatic rings. The second-order valence-corrected chi connectivity index (χ2v) is 8.08. The molecule has 1 N–H and O–H groups in total. The predicted octanol–water partition coefficient (Wildman–Crippen LogP) is -0.437. The smallest absolute Gasteiger partial charge is 0.219 e. The molecule has 2 aliphatic heterocycles. The SMILES string of the molecule is CC(=O)N1C[C@@H]2COC[C@]2(CNS(=O)(=O)C2CC2)C1. The number of carbonyl (C=O) groups is 1. The summed E-state index contributed by atoms with van der Waals surface area (Å²) in [6.07, 6.45) is 1.53. The highest BCUT2D eigenvalue weighted by atomic mass is 32.2. The van der Waals surface area contributed by atoms with Gasteiger partial charge in [0.2, 0.25) is 15.9 Å². The molecule has 3 fully saturated rings. The van der Waals surface area contributed by atoms with Crippen molar-refractivity contribution < 1.29 is 17.9 Å². The van der Waals surface area contributed by atoms with Crippen LogP contribution in [-0.4, -0.2) is 57.3 Å². The number of hydrogen-bond donors (Lipinski definition) is 1. The highest BCUT2D eigenvalue weighted by molar-refractivity contribution is 7.90. The van der Waals surface area contributed by atoms with E-state index in [2.05, 4.69) is 4.72 Å². The zero-order chi connectivity index (χ0) is 13.7. The maximum atomic E-state index is 11.9. The van der Waals surface area contributed by atoms with Crippen LogP contribution >= 0.6 is 0 Å². The Morgan fingerprint density at radius 1 is 1.47 bits per heavy atom. The normalized spacial score (nSPS) is 34.6. The van der Waals surface area contributed by atoms with Gasteiger partial charge in [0.25, 0.3) is 0 Å². The Balaban J connectivity index is 1.69. The van der Waals surface area contributed by atoms with Crippen LogP contribution in [0, 0.1) is 11.3 Å². The van der Waals surface area contributed by atoms with Crippen molar-refractivity contribution in [3.8, 4) is 0 Å². The highest BCUT2D eigenvalue weighted by Crippen LogP contribution is 2.41. The number of amides is 1. The van der Waals surface area contributed by atoms with Crippen LogP contribution in [0.1, 0.15) is 19.8 Å². The fraction of sp³-hybridized carbons (Fsp3) is 0.917. The second kappa shape index (κ2) is 4.43. The van der Waals surface area contributed by atoms with Gasteiger partial charge in [-0.15, -0.1) is 0 Å². The average Bonchev–Trinajstić information content (AvgIpc) is 3.02. The van der Waals surface area contributed by atoms with Gasteiger partial charge < -0.3 is 9.64 Å². The summed E-state index contributed by atoms with van der Waals surface area (Å²) in [5.74, 6) is 0.303. The van der Waals surface area contributed by atoms with E-state index in [1.54, 1.807) is 11.8 Å². The first-order chi connectivity index (χ1) is 8.93. The third-order valence-corrected chi connectivity index (χ3v) is 6.45. The van der Waals surface area contributed by atoms with Crippen LogP contribution in [0.25, 0.3) is 0 Å². The molecule has 6 nitrogen and oxygen atoms in total. The van der Waals surface area contributed by atoms with Crippen LogP contribution in [0.4, 0.5) is 0 Å². The Hall–Kier alpha value is -0.660. The van der Waals surface area contributed by atoms with Crippen molar-refractivity contribution in [2.45, 2.75) is 25.0 Å². The van der Waals surface area contributed by atoms with Crippen LogP contribution in [-0.2, 0) is 19.6 Å². The van der Waals surface area contributed by atoms with E-state index in [1.807, 2.05) is 0 Å². The topological polar surface area (TPSA) is 75.7 Å². The van der Waals surface area contributed by atoms with Gasteiger partial charge in [-0.3, -0.25) is 4.79 Å². The van der Waals surface area contributed by atoms with Crippen LogP contribution in [0.3, 0.4) is 0 Å². The van der Waals surface area contributed by atoms with E-state index >= 15 is 0 Å². The van der Waals surface area contributed by atoms with Gasteiger partial charge in [-0.2, -0.15) is 0 Å². The highest BCUT2D eigenvalue weighted by Gasteiger charge is 2.52. The van der Waals surface area contributed by atoms with Gasteiger partial charge in [-0.05, 0) is 12.8 Å². The minimum atomic E-state index is -3.17. The lowest BCUT2D eigenvalue weighted by molar-refractivity contribution is -0.128. The molecule has 0 radical (unpaired) electrons. The van der Waals surface area contributed by atoms with E-state index in [9.17, 15) is 13.2 Å². The lowest BCUT2D eigenvalue weighted by Crippen LogP contribution is -2.44. The minimum Gasteiger partial charge on any atom is -0.380 e. The van der Waals surface area contributed by atoms with Crippen molar-refractivity contribution >= 4 is 15.9 Å². The number of nitrogens with zero attached hydrogens (tertiary/aromatic N) is 1. The number of rotatable bonds is 4. The average molecular weight is 288 g/mol. The number of ether oxygens (including phenoxy) is 1. The molecule has 1 amide bonds. The van der Waals surface area contributed by atoms with Crippen molar-refractivity contribution in [2.24, 2.45) is 11.3 Å². The Kier molecular flexibility index (Phi) is 3.11. The summed E-state index contributed by atoms with van der Waals surface area (Å²) < 4.78 is 32.1. The van der Waals surface area contributed by atoms with E-state index in [0.29, 0.717) is 32.8 Å². The van der Waals surface area contributed by atoms with Gasteiger partial charge in [-0.1, -0.05) is 0 Å². The Morgan fingerprint density at radius 2 is 2.21 bits per heavy atom. The molecule has 7 heteroatoms. The maximum Gasteiger partial charge on any atom is 0.219 e. The van der Waals surface area contributed by atoms with Crippen LogP contribution in [0.15, 0.2) is 0 Å². The first-order valence-corrected chi connectivity index (χ1v) is 8.29. The molecule has 2 atom stereocenters. The number of likely N-dealkylation sites (tertiary alicyclic amines) is 1. The van der Waals surface area contributed by atoms with Gasteiger partial charge in [0.15, 0.2) is 0 Å². The molecule has 1 aliphatic carbocycles. The lowest BCUT2D eigenvalue weighted by atomic mass is 9.81. The van der Waals surface area contributed by atoms with E-state index in [0.717, 1.165) is 12.8 Å². The number of sulfonamides is 1. The van der Waals surface area contributed by atoms with Crippen molar-refractivity contribution in [2.75, 3.05) is 32.8 Å². The second-order valence-electron chi connectivity index (χ2n) is 6.04. The molecule has 0 aromatic carbocycles. The molecule has 0 bridgehead atoms. The van der Waals surface area contributed by atoms with Gasteiger partial charge in [0.1, 0.15) is 0 Å².